The van der Waals surface area contributed by atoms with Gasteiger partial charge in [-0.15, -0.1) is 4.72 Å². The number of nitrogens with zero attached hydrogens (tertiary/aromatic N) is 3. The van der Waals surface area contributed by atoms with Crippen LogP contribution in [0.1, 0.15) is 54.1 Å². The number of nitrogens with one attached hydrogen (secondary N) is 1. The molecule has 4 rings (SSSR count). The monoisotopic (exact) mass is 504 g/mol. The van der Waals surface area contributed by atoms with Gasteiger partial charge in [0.15, 0.2) is 5.58 Å². The lowest BCUT2D eigenvalue weighted by molar-refractivity contribution is 0.0821. The maximum absolute atomic E-state index is 13.3. The minimum Gasteiger partial charge on any atom is -0.598 e. The topological polar surface area (TPSA) is 94.3 Å². The average Bonchev–Trinajstić information content (AvgIpc) is 3.27. The van der Waals surface area contributed by atoms with Gasteiger partial charge < -0.3 is 14.0 Å². The summed E-state index contributed by atoms with van der Waals surface area (Å²) in [5.74, 6) is -0.159. The highest BCUT2D eigenvalue weighted by Crippen LogP contribution is 2.35. The first-order valence-corrected chi connectivity index (χ1v) is 13.0. The van der Waals surface area contributed by atoms with Crippen LogP contribution in [0.25, 0.3) is 22.2 Å². The molecule has 2 aromatic heterocycles. The number of hydrogen-bond donors (Lipinski definition) is 1. The molecule has 0 radical (unpaired) electrons. The largest absolute Gasteiger partial charge is 0.598 e. The zero-order valence-corrected chi connectivity index (χ0v) is 22.3. The SMILES string of the molecule is Cc1ccc(C(=O)N(C)C)nc1CC(N[S@@+]([O-])C(C)(C)C)c1ccccc1-c1noc2ccccc12. The van der Waals surface area contributed by atoms with E-state index in [2.05, 4.69) is 9.88 Å². The van der Waals surface area contributed by atoms with Crippen molar-refractivity contribution in [2.75, 3.05) is 14.1 Å². The van der Waals surface area contributed by atoms with Gasteiger partial charge in [-0.1, -0.05) is 47.6 Å². The molecule has 0 spiro atoms. The van der Waals surface area contributed by atoms with Gasteiger partial charge >= 0.3 is 0 Å². The van der Waals surface area contributed by atoms with Crippen LogP contribution in [-0.2, 0) is 17.8 Å². The van der Waals surface area contributed by atoms with Crippen LogP contribution in [0.5, 0.6) is 0 Å². The van der Waals surface area contributed by atoms with E-state index in [0.29, 0.717) is 17.7 Å². The third-order valence-corrected chi connectivity index (χ3v) is 7.61. The fourth-order valence-electron chi connectivity index (χ4n) is 3.94. The Kier molecular flexibility index (Phi) is 7.49. The van der Waals surface area contributed by atoms with E-state index in [1.54, 1.807) is 20.2 Å². The van der Waals surface area contributed by atoms with Crippen molar-refractivity contribution in [1.82, 2.24) is 19.8 Å². The molecule has 2 heterocycles. The zero-order chi connectivity index (χ0) is 26.0. The molecular weight excluding hydrogens is 472 g/mol. The molecule has 4 aromatic rings. The Balaban J connectivity index is 1.81. The van der Waals surface area contributed by atoms with Crippen molar-refractivity contribution in [1.29, 1.82) is 0 Å². The van der Waals surface area contributed by atoms with Crippen molar-refractivity contribution < 1.29 is 13.9 Å². The molecule has 8 heteroatoms. The molecule has 2 aromatic carbocycles. The van der Waals surface area contributed by atoms with Crippen LogP contribution < -0.4 is 4.72 Å². The Morgan fingerprint density at radius 2 is 1.78 bits per heavy atom. The molecular formula is C28H32N4O3S. The van der Waals surface area contributed by atoms with Gasteiger partial charge in [0.25, 0.3) is 5.91 Å². The molecule has 0 saturated carbocycles. The Bertz CT molecular complexity index is 1380. The summed E-state index contributed by atoms with van der Waals surface area (Å²) in [5, 5.41) is 5.28. The number of fused-ring (bicyclic) bond motifs is 1. The molecule has 0 aliphatic carbocycles. The summed E-state index contributed by atoms with van der Waals surface area (Å²) in [6.07, 6.45) is 0.439. The van der Waals surface area contributed by atoms with Gasteiger partial charge in [-0.05, 0) is 57.0 Å². The summed E-state index contributed by atoms with van der Waals surface area (Å²) in [6, 6.07) is 19.0. The smallest absolute Gasteiger partial charge is 0.271 e. The molecule has 1 N–H and O–H groups in total. The summed E-state index contributed by atoms with van der Waals surface area (Å²) in [5.41, 5.74) is 5.37. The second-order valence-corrected chi connectivity index (χ2v) is 12.0. The van der Waals surface area contributed by atoms with Crippen LogP contribution >= 0.6 is 0 Å². The number of carbonyl (C=O) groups is 1. The van der Waals surface area contributed by atoms with E-state index in [9.17, 15) is 9.35 Å². The molecule has 36 heavy (non-hydrogen) atoms. The van der Waals surface area contributed by atoms with Crippen LogP contribution in [0.15, 0.2) is 65.2 Å². The molecule has 188 valence electrons. The quantitative estimate of drug-likeness (QED) is 0.346. The predicted molar refractivity (Wildman–Crippen MR) is 144 cm³/mol. The number of pyridine rings is 1. The molecule has 0 aliphatic heterocycles. The summed E-state index contributed by atoms with van der Waals surface area (Å²) in [4.78, 5) is 18.8. The molecule has 0 saturated heterocycles. The van der Waals surface area contributed by atoms with Gasteiger partial charge in [0, 0.05) is 48.5 Å². The van der Waals surface area contributed by atoms with Crippen LogP contribution in [0.4, 0.5) is 0 Å². The summed E-state index contributed by atoms with van der Waals surface area (Å²) in [6.45, 7) is 7.78. The van der Waals surface area contributed by atoms with Gasteiger partial charge in [-0.2, -0.15) is 0 Å². The first-order chi connectivity index (χ1) is 17.1. The third kappa shape index (κ3) is 5.46. The highest BCUT2D eigenvalue weighted by atomic mass is 32.2. The van der Waals surface area contributed by atoms with Crippen molar-refractivity contribution in [2.45, 2.75) is 44.9 Å². The Morgan fingerprint density at radius 1 is 1.08 bits per heavy atom. The van der Waals surface area contributed by atoms with Gasteiger partial charge in [0.05, 0.1) is 6.04 Å². The van der Waals surface area contributed by atoms with Crippen molar-refractivity contribution in [3.05, 3.63) is 83.2 Å². The lowest BCUT2D eigenvalue weighted by Gasteiger charge is -2.29. The van der Waals surface area contributed by atoms with Crippen LogP contribution in [-0.4, -0.2) is 44.3 Å². The third-order valence-electron chi connectivity index (χ3n) is 6.00. The summed E-state index contributed by atoms with van der Waals surface area (Å²) in [7, 11) is 3.41. The highest BCUT2D eigenvalue weighted by Gasteiger charge is 2.32. The first kappa shape index (κ1) is 25.9. The van der Waals surface area contributed by atoms with Crippen LogP contribution in [0.3, 0.4) is 0 Å². The zero-order valence-electron chi connectivity index (χ0n) is 21.5. The minimum absolute atomic E-state index is 0.159. The number of aromatic nitrogens is 2. The van der Waals surface area contributed by atoms with E-state index in [0.717, 1.165) is 33.5 Å². The molecule has 0 bridgehead atoms. The van der Waals surface area contributed by atoms with Crippen LogP contribution in [0.2, 0.25) is 0 Å². The van der Waals surface area contributed by atoms with E-state index in [1.165, 1.54) is 4.90 Å². The lowest BCUT2D eigenvalue weighted by atomic mass is 9.93. The number of rotatable bonds is 7. The second kappa shape index (κ2) is 10.4. The maximum atomic E-state index is 13.3. The van der Waals surface area contributed by atoms with Crippen molar-refractivity contribution in [3.8, 4) is 11.3 Å². The van der Waals surface area contributed by atoms with Crippen LogP contribution in [0, 0.1) is 6.92 Å². The van der Waals surface area contributed by atoms with Gasteiger partial charge in [-0.25, -0.2) is 4.98 Å². The van der Waals surface area contributed by atoms with Gasteiger partial charge in [0.2, 0.25) is 0 Å². The summed E-state index contributed by atoms with van der Waals surface area (Å²) >= 11 is -1.35. The summed E-state index contributed by atoms with van der Waals surface area (Å²) < 4.78 is 21.7. The lowest BCUT2D eigenvalue weighted by Crippen LogP contribution is -2.42. The van der Waals surface area contributed by atoms with Crippen molar-refractivity contribution in [3.63, 3.8) is 0 Å². The molecule has 7 nitrogen and oxygen atoms in total. The maximum Gasteiger partial charge on any atom is 0.271 e. The number of hydrogen-bond acceptors (Lipinski definition) is 6. The van der Waals surface area contributed by atoms with Crippen molar-refractivity contribution >= 4 is 28.2 Å². The number of carbonyl (C=O) groups excluding carboxylic acids is 1. The van der Waals surface area contributed by atoms with E-state index in [-0.39, 0.29) is 11.9 Å². The van der Waals surface area contributed by atoms with Gasteiger partial charge in [0.1, 0.15) is 16.1 Å². The molecule has 1 amide bonds. The van der Waals surface area contributed by atoms with Crippen molar-refractivity contribution in [2.24, 2.45) is 0 Å². The predicted octanol–water partition coefficient (Wildman–Crippen LogP) is 5.24. The van der Waals surface area contributed by atoms with E-state index >= 15 is 0 Å². The first-order valence-electron chi connectivity index (χ1n) is 11.9. The fourth-order valence-corrected chi connectivity index (χ4v) is 4.76. The van der Waals surface area contributed by atoms with E-state index in [4.69, 9.17) is 9.51 Å². The van der Waals surface area contributed by atoms with Gasteiger partial charge in [-0.3, -0.25) is 4.79 Å². The molecule has 2 atom stereocenters. The minimum atomic E-state index is -1.35. The number of aryl methyl sites for hydroxylation is 1. The standard InChI is InChI=1S/C28H32N4O3S/c1-18-15-16-22(27(33)32(5)6)29-23(18)17-24(31-36(34)28(2,3)4)19-11-7-8-12-20(19)26-21-13-9-10-14-25(21)35-30-26/h7-16,24,31H,17H2,1-6H3/t24?,36-/m0/s1. The van der Waals surface area contributed by atoms with E-state index in [1.807, 2.05) is 82.3 Å². The Labute approximate surface area is 215 Å². The average molecular weight is 505 g/mol. The Morgan fingerprint density at radius 3 is 2.50 bits per heavy atom. The second-order valence-electron chi connectivity index (χ2n) is 10.0. The Hall–Kier alpha value is -3.20. The normalized spacial score (nSPS) is 13.5. The molecule has 0 aliphatic rings. The fraction of sp³-hybridized carbons (Fsp3) is 0.321. The highest BCUT2D eigenvalue weighted by molar-refractivity contribution is 7.90. The van der Waals surface area contributed by atoms with E-state index < -0.39 is 16.1 Å². The number of amides is 1. The molecule has 0 fully saturated rings. The molecule has 1 unspecified atom stereocenters. The number of benzene rings is 2. The number of para-hydroxylation sites is 1.